The van der Waals surface area contributed by atoms with E-state index in [0.717, 1.165) is 23.5 Å². The van der Waals surface area contributed by atoms with Crippen molar-refractivity contribution in [1.82, 2.24) is 10.1 Å². The fourth-order valence-electron chi connectivity index (χ4n) is 1.78. The molecular formula is C14H19N3O2S. The van der Waals surface area contributed by atoms with Gasteiger partial charge in [0.15, 0.2) is 5.82 Å². The molecule has 20 heavy (non-hydrogen) atoms. The van der Waals surface area contributed by atoms with Crippen LogP contribution in [0.5, 0.6) is 5.75 Å². The number of hydrogen-bond donors (Lipinski definition) is 1. The van der Waals surface area contributed by atoms with Crippen LogP contribution in [0.3, 0.4) is 0 Å². The van der Waals surface area contributed by atoms with Crippen molar-refractivity contribution in [3.05, 3.63) is 41.5 Å². The average Bonchev–Trinajstić information content (AvgIpc) is 2.94. The minimum absolute atomic E-state index is 0.181. The first-order chi connectivity index (χ1) is 9.72. The van der Waals surface area contributed by atoms with E-state index in [0.29, 0.717) is 18.1 Å². The highest BCUT2D eigenvalue weighted by Gasteiger charge is 2.14. The number of benzene rings is 1. The van der Waals surface area contributed by atoms with Crippen LogP contribution in [0.25, 0.3) is 0 Å². The van der Waals surface area contributed by atoms with E-state index in [1.807, 2.05) is 24.3 Å². The monoisotopic (exact) mass is 293 g/mol. The molecular weight excluding hydrogens is 274 g/mol. The van der Waals surface area contributed by atoms with Gasteiger partial charge in [-0.15, -0.1) is 0 Å². The molecule has 108 valence electrons. The van der Waals surface area contributed by atoms with Crippen LogP contribution in [0.1, 0.15) is 29.7 Å². The van der Waals surface area contributed by atoms with Crippen LogP contribution in [0.4, 0.5) is 0 Å². The highest BCUT2D eigenvalue weighted by Crippen LogP contribution is 2.17. The molecule has 6 heteroatoms. The Morgan fingerprint density at radius 3 is 2.75 bits per heavy atom. The first kappa shape index (κ1) is 14.9. The van der Waals surface area contributed by atoms with E-state index in [9.17, 15) is 0 Å². The van der Waals surface area contributed by atoms with E-state index in [1.54, 1.807) is 18.9 Å². The minimum atomic E-state index is -0.181. The normalized spacial score (nSPS) is 12.3. The van der Waals surface area contributed by atoms with Crippen LogP contribution in [0.15, 0.2) is 28.8 Å². The lowest BCUT2D eigenvalue weighted by Gasteiger charge is -2.03. The molecule has 0 fully saturated rings. The third-order valence-corrected chi connectivity index (χ3v) is 3.60. The molecule has 0 aliphatic rings. The lowest BCUT2D eigenvalue weighted by atomic mass is 10.1. The van der Waals surface area contributed by atoms with Gasteiger partial charge in [-0.3, -0.25) is 0 Å². The number of hydrogen-bond acceptors (Lipinski definition) is 6. The SMILES string of the molecule is COc1ccc(Cc2noc(C(N)CCSC)n2)cc1. The van der Waals surface area contributed by atoms with Crippen LogP contribution < -0.4 is 10.5 Å². The van der Waals surface area contributed by atoms with Crippen LogP contribution in [-0.2, 0) is 6.42 Å². The molecule has 1 atom stereocenters. The summed E-state index contributed by atoms with van der Waals surface area (Å²) in [4.78, 5) is 4.36. The summed E-state index contributed by atoms with van der Waals surface area (Å²) in [5.41, 5.74) is 7.11. The number of rotatable bonds is 7. The zero-order valence-corrected chi connectivity index (χ0v) is 12.5. The minimum Gasteiger partial charge on any atom is -0.497 e. The third kappa shape index (κ3) is 3.98. The predicted molar refractivity (Wildman–Crippen MR) is 80.0 cm³/mol. The quantitative estimate of drug-likeness (QED) is 0.845. The highest BCUT2D eigenvalue weighted by molar-refractivity contribution is 7.98. The van der Waals surface area contributed by atoms with Crippen molar-refractivity contribution >= 4 is 11.8 Å². The summed E-state index contributed by atoms with van der Waals surface area (Å²) in [5, 5.41) is 3.98. The summed E-state index contributed by atoms with van der Waals surface area (Å²) in [5.74, 6) is 2.99. The summed E-state index contributed by atoms with van der Waals surface area (Å²) in [6.45, 7) is 0. The molecule has 0 saturated heterocycles. The molecule has 2 N–H and O–H groups in total. The first-order valence-corrected chi connectivity index (χ1v) is 7.82. The lowest BCUT2D eigenvalue weighted by Crippen LogP contribution is -2.11. The van der Waals surface area contributed by atoms with Gasteiger partial charge in [0.2, 0.25) is 5.89 Å². The Morgan fingerprint density at radius 2 is 2.10 bits per heavy atom. The molecule has 1 aromatic carbocycles. The van der Waals surface area contributed by atoms with Gasteiger partial charge >= 0.3 is 0 Å². The average molecular weight is 293 g/mol. The maximum atomic E-state index is 6.00. The summed E-state index contributed by atoms with van der Waals surface area (Å²) in [6, 6.07) is 7.63. The highest BCUT2D eigenvalue weighted by atomic mass is 32.2. The predicted octanol–water partition coefficient (Wildman–Crippen LogP) is 2.42. The van der Waals surface area contributed by atoms with E-state index < -0.39 is 0 Å². The van der Waals surface area contributed by atoms with E-state index in [-0.39, 0.29) is 6.04 Å². The van der Waals surface area contributed by atoms with Crippen molar-refractivity contribution in [2.75, 3.05) is 19.1 Å². The van der Waals surface area contributed by atoms with Crippen LogP contribution in [0, 0.1) is 0 Å². The van der Waals surface area contributed by atoms with Gasteiger partial charge in [0.1, 0.15) is 5.75 Å². The number of nitrogens with zero attached hydrogens (tertiary/aromatic N) is 2. The van der Waals surface area contributed by atoms with Gasteiger partial charge in [-0.2, -0.15) is 16.7 Å². The molecule has 0 bridgehead atoms. The molecule has 0 radical (unpaired) electrons. The molecule has 0 saturated carbocycles. The number of thioether (sulfide) groups is 1. The molecule has 0 amide bonds. The molecule has 0 spiro atoms. The third-order valence-electron chi connectivity index (χ3n) is 2.96. The second kappa shape index (κ2) is 7.31. The Balaban J connectivity index is 1.97. The van der Waals surface area contributed by atoms with Crippen LogP contribution in [-0.4, -0.2) is 29.3 Å². The number of aromatic nitrogens is 2. The van der Waals surface area contributed by atoms with Gasteiger partial charge < -0.3 is 15.0 Å². The van der Waals surface area contributed by atoms with Gasteiger partial charge in [0, 0.05) is 6.42 Å². The van der Waals surface area contributed by atoms with Crippen LogP contribution in [0.2, 0.25) is 0 Å². The zero-order chi connectivity index (χ0) is 14.4. The topological polar surface area (TPSA) is 74.2 Å². The van der Waals surface area contributed by atoms with Crippen molar-refractivity contribution in [3.63, 3.8) is 0 Å². The lowest BCUT2D eigenvalue weighted by molar-refractivity contribution is 0.349. The largest absolute Gasteiger partial charge is 0.497 e. The summed E-state index contributed by atoms with van der Waals surface area (Å²) >= 11 is 1.76. The van der Waals surface area contributed by atoms with E-state index >= 15 is 0 Å². The van der Waals surface area contributed by atoms with Crippen molar-refractivity contribution in [3.8, 4) is 5.75 Å². The Labute approximate surface area is 122 Å². The maximum Gasteiger partial charge on any atom is 0.243 e. The Bertz CT molecular complexity index is 527. The molecule has 2 aromatic rings. The Hall–Kier alpha value is -1.53. The fourth-order valence-corrected chi connectivity index (χ4v) is 2.27. The molecule has 1 heterocycles. The zero-order valence-electron chi connectivity index (χ0n) is 11.7. The van der Waals surface area contributed by atoms with Crippen molar-refractivity contribution in [2.24, 2.45) is 5.73 Å². The van der Waals surface area contributed by atoms with E-state index in [2.05, 4.69) is 16.4 Å². The van der Waals surface area contributed by atoms with E-state index in [4.69, 9.17) is 15.0 Å². The van der Waals surface area contributed by atoms with Crippen molar-refractivity contribution in [1.29, 1.82) is 0 Å². The number of ether oxygens (including phenoxy) is 1. The van der Waals surface area contributed by atoms with Gasteiger partial charge in [-0.05, 0) is 36.1 Å². The Morgan fingerprint density at radius 1 is 1.35 bits per heavy atom. The molecule has 0 aliphatic carbocycles. The number of methoxy groups -OCH3 is 1. The smallest absolute Gasteiger partial charge is 0.243 e. The summed E-state index contributed by atoms with van der Waals surface area (Å²) < 4.78 is 10.3. The second-order valence-corrected chi connectivity index (χ2v) is 5.45. The van der Waals surface area contributed by atoms with E-state index in [1.165, 1.54) is 0 Å². The first-order valence-electron chi connectivity index (χ1n) is 6.43. The van der Waals surface area contributed by atoms with Crippen molar-refractivity contribution < 1.29 is 9.26 Å². The van der Waals surface area contributed by atoms with Gasteiger partial charge in [0.05, 0.1) is 13.2 Å². The number of nitrogens with two attached hydrogens (primary N) is 1. The molecule has 5 nitrogen and oxygen atoms in total. The Kier molecular flexibility index (Phi) is 5.43. The molecule has 0 aliphatic heterocycles. The van der Waals surface area contributed by atoms with Gasteiger partial charge in [0.25, 0.3) is 0 Å². The van der Waals surface area contributed by atoms with Crippen LogP contribution >= 0.6 is 11.8 Å². The second-order valence-electron chi connectivity index (χ2n) is 4.46. The molecule has 1 aromatic heterocycles. The fraction of sp³-hybridized carbons (Fsp3) is 0.429. The summed E-state index contributed by atoms with van der Waals surface area (Å²) in [7, 11) is 1.65. The van der Waals surface area contributed by atoms with Gasteiger partial charge in [-0.1, -0.05) is 17.3 Å². The van der Waals surface area contributed by atoms with Gasteiger partial charge in [-0.25, -0.2) is 0 Å². The standard InChI is InChI=1S/C14H19N3O2S/c1-18-11-5-3-10(4-6-11)9-13-16-14(19-17-13)12(15)7-8-20-2/h3-6,12H,7-9,15H2,1-2H3. The molecule has 1 unspecified atom stereocenters. The molecule has 2 rings (SSSR count). The van der Waals surface area contributed by atoms with Crippen molar-refractivity contribution in [2.45, 2.75) is 18.9 Å². The maximum absolute atomic E-state index is 6.00. The summed E-state index contributed by atoms with van der Waals surface area (Å²) in [6.07, 6.45) is 3.52.